The summed E-state index contributed by atoms with van der Waals surface area (Å²) in [6, 6.07) is 12.7. The van der Waals surface area contributed by atoms with Crippen LogP contribution in [-0.2, 0) is 14.3 Å². The molecule has 2 aromatic carbocycles. The minimum Gasteiger partial charge on any atom is -0.483 e. The number of morpholine rings is 1. The molecule has 2 amide bonds. The third kappa shape index (κ3) is 5.96. The quantitative estimate of drug-likeness (QED) is 0.483. The Kier molecular flexibility index (Phi) is 8.03. The zero-order valence-electron chi connectivity index (χ0n) is 18.0. The number of rotatable bonds is 6. The number of benzene rings is 2. The van der Waals surface area contributed by atoms with Crippen molar-refractivity contribution >= 4 is 39.5 Å². The van der Waals surface area contributed by atoms with Crippen LogP contribution >= 0.6 is 15.9 Å². The summed E-state index contributed by atoms with van der Waals surface area (Å²) in [7, 11) is 0. The lowest BCUT2D eigenvalue weighted by Crippen LogP contribution is -2.43. The van der Waals surface area contributed by atoms with E-state index in [9.17, 15) is 14.9 Å². The van der Waals surface area contributed by atoms with Crippen molar-refractivity contribution in [2.24, 2.45) is 0 Å². The Morgan fingerprint density at radius 1 is 1.25 bits per heavy atom. The summed E-state index contributed by atoms with van der Waals surface area (Å²) >= 11 is 3.43. The monoisotopic (exact) mass is 497 g/mol. The predicted molar refractivity (Wildman–Crippen MR) is 125 cm³/mol. The van der Waals surface area contributed by atoms with Crippen molar-refractivity contribution in [3.63, 3.8) is 0 Å². The summed E-state index contributed by atoms with van der Waals surface area (Å²) < 4.78 is 11.5. The molecule has 0 saturated carbocycles. The van der Waals surface area contributed by atoms with Gasteiger partial charge in [-0.05, 0) is 70.7 Å². The van der Waals surface area contributed by atoms with E-state index in [1.54, 1.807) is 29.2 Å². The van der Waals surface area contributed by atoms with Crippen LogP contribution in [-0.4, -0.2) is 49.6 Å². The Morgan fingerprint density at radius 3 is 2.69 bits per heavy atom. The minimum absolute atomic E-state index is 0.0195. The maximum absolute atomic E-state index is 12.6. The highest BCUT2D eigenvalue weighted by Crippen LogP contribution is 2.27. The lowest BCUT2D eigenvalue weighted by atomic mass is 10.1. The number of hydrogen-bond donors (Lipinski definition) is 1. The first-order valence-electron chi connectivity index (χ1n) is 10.2. The Morgan fingerprint density at radius 2 is 2.00 bits per heavy atom. The number of nitriles is 1. The molecule has 3 rings (SSSR count). The van der Waals surface area contributed by atoms with E-state index in [0.29, 0.717) is 47.8 Å². The van der Waals surface area contributed by atoms with Gasteiger partial charge in [-0.1, -0.05) is 18.2 Å². The molecule has 1 N–H and O–H groups in total. The molecule has 0 aromatic heterocycles. The van der Waals surface area contributed by atoms with Gasteiger partial charge in [0.15, 0.2) is 6.61 Å². The summed E-state index contributed by atoms with van der Waals surface area (Å²) in [4.78, 5) is 26.6. The molecule has 7 nitrogen and oxygen atoms in total. The van der Waals surface area contributed by atoms with Gasteiger partial charge >= 0.3 is 0 Å². The Hall–Kier alpha value is -3.15. The normalized spacial score (nSPS) is 13.9. The first-order chi connectivity index (χ1) is 15.4. The molecule has 8 heteroatoms. The molecule has 0 unspecified atom stereocenters. The Balaban J connectivity index is 1.67. The van der Waals surface area contributed by atoms with E-state index in [-0.39, 0.29) is 18.1 Å². The van der Waals surface area contributed by atoms with Gasteiger partial charge in [0, 0.05) is 18.8 Å². The van der Waals surface area contributed by atoms with Crippen LogP contribution < -0.4 is 10.1 Å². The van der Waals surface area contributed by atoms with Gasteiger partial charge in [-0.3, -0.25) is 9.59 Å². The SMILES string of the molecule is Cc1cccc(NC(=O)/C(C#N)=C\c2ccc(OCC(=O)N3CCOCC3)c(Br)c2)c1C. The molecule has 0 radical (unpaired) electrons. The summed E-state index contributed by atoms with van der Waals surface area (Å²) in [6.45, 7) is 6.00. The standard InChI is InChI=1S/C24H24BrN3O4/c1-16-4-3-5-21(17(16)2)27-24(30)19(14-26)12-18-6-7-22(20(25)13-18)32-15-23(29)28-8-10-31-11-9-28/h3-7,12-13H,8-11,15H2,1-2H3,(H,27,30)/b19-12-. The van der Waals surface area contributed by atoms with Gasteiger partial charge < -0.3 is 19.7 Å². The lowest BCUT2D eigenvalue weighted by molar-refractivity contribution is -0.137. The van der Waals surface area contributed by atoms with Crippen molar-refractivity contribution in [2.45, 2.75) is 13.8 Å². The fourth-order valence-electron chi connectivity index (χ4n) is 3.16. The average molecular weight is 498 g/mol. The smallest absolute Gasteiger partial charge is 0.266 e. The Bertz CT molecular complexity index is 1090. The van der Waals surface area contributed by atoms with Crippen molar-refractivity contribution in [3.05, 3.63) is 63.1 Å². The van der Waals surface area contributed by atoms with Crippen molar-refractivity contribution in [1.82, 2.24) is 4.90 Å². The molecule has 1 aliphatic rings. The topological polar surface area (TPSA) is 91.7 Å². The first-order valence-corrected chi connectivity index (χ1v) is 11.0. The fourth-order valence-corrected chi connectivity index (χ4v) is 3.67. The van der Waals surface area contributed by atoms with Gasteiger partial charge in [-0.2, -0.15) is 5.26 Å². The fraction of sp³-hybridized carbons (Fsp3) is 0.292. The highest BCUT2D eigenvalue weighted by atomic mass is 79.9. The van der Waals surface area contributed by atoms with Crippen LogP contribution in [0.4, 0.5) is 5.69 Å². The number of carbonyl (C=O) groups excluding carboxylic acids is 2. The van der Waals surface area contributed by atoms with Crippen LogP contribution in [0.5, 0.6) is 5.75 Å². The van der Waals surface area contributed by atoms with E-state index in [1.165, 1.54) is 6.08 Å². The second kappa shape index (κ2) is 10.9. The van der Waals surface area contributed by atoms with Crippen molar-refractivity contribution in [2.75, 3.05) is 38.2 Å². The maximum atomic E-state index is 12.6. The summed E-state index contributed by atoms with van der Waals surface area (Å²) in [5, 5.41) is 12.3. The lowest BCUT2D eigenvalue weighted by Gasteiger charge is -2.26. The minimum atomic E-state index is -0.478. The molecule has 1 fully saturated rings. The first kappa shape index (κ1) is 23.5. The summed E-state index contributed by atoms with van der Waals surface area (Å²) in [5.41, 5.74) is 3.31. The highest BCUT2D eigenvalue weighted by Gasteiger charge is 2.18. The zero-order valence-corrected chi connectivity index (χ0v) is 19.6. The summed E-state index contributed by atoms with van der Waals surface area (Å²) in [5.74, 6) is -0.0742. The predicted octanol–water partition coefficient (Wildman–Crippen LogP) is 3.85. The van der Waals surface area contributed by atoms with E-state index < -0.39 is 5.91 Å². The van der Waals surface area contributed by atoms with E-state index in [4.69, 9.17) is 9.47 Å². The third-order valence-corrected chi connectivity index (χ3v) is 5.82. The number of ether oxygens (including phenoxy) is 2. The molecular weight excluding hydrogens is 474 g/mol. The number of anilines is 1. The molecule has 0 atom stereocenters. The van der Waals surface area contributed by atoms with Crippen LogP contribution in [0, 0.1) is 25.2 Å². The second-order valence-corrected chi connectivity index (χ2v) is 8.20. The number of nitrogens with one attached hydrogen (secondary N) is 1. The van der Waals surface area contributed by atoms with Crippen molar-refractivity contribution in [3.8, 4) is 11.8 Å². The average Bonchev–Trinajstić information content (AvgIpc) is 2.80. The zero-order chi connectivity index (χ0) is 23.1. The second-order valence-electron chi connectivity index (χ2n) is 7.34. The number of nitrogens with zero attached hydrogens (tertiary/aromatic N) is 2. The molecule has 2 aromatic rings. The molecule has 1 heterocycles. The van der Waals surface area contributed by atoms with Gasteiger partial charge in [0.1, 0.15) is 17.4 Å². The number of amides is 2. The van der Waals surface area contributed by atoms with Crippen LogP contribution in [0.2, 0.25) is 0 Å². The van der Waals surface area contributed by atoms with Crippen molar-refractivity contribution < 1.29 is 19.1 Å². The summed E-state index contributed by atoms with van der Waals surface area (Å²) in [6.07, 6.45) is 1.51. The molecule has 1 saturated heterocycles. The van der Waals surface area contributed by atoms with Crippen LogP contribution in [0.15, 0.2) is 46.4 Å². The molecule has 0 aliphatic carbocycles. The van der Waals surface area contributed by atoms with E-state index in [0.717, 1.165) is 11.1 Å². The Labute approximate surface area is 195 Å². The third-order valence-electron chi connectivity index (χ3n) is 5.20. The van der Waals surface area contributed by atoms with Gasteiger partial charge in [-0.15, -0.1) is 0 Å². The van der Waals surface area contributed by atoms with E-state index in [1.807, 2.05) is 32.0 Å². The van der Waals surface area contributed by atoms with Crippen LogP contribution in [0.3, 0.4) is 0 Å². The highest BCUT2D eigenvalue weighted by molar-refractivity contribution is 9.10. The van der Waals surface area contributed by atoms with Crippen molar-refractivity contribution in [1.29, 1.82) is 5.26 Å². The van der Waals surface area contributed by atoms with Gasteiger partial charge in [-0.25, -0.2) is 0 Å². The number of halogens is 1. The van der Waals surface area contributed by atoms with Gasteiger partial charge in [0.2, 0.25) is 0 Å². The van der Waals surface area contributed by atoms with Crippen LogP contribution in [0.25, 0.3) is 6.08 Å². The molecule has 0 bridgehead atoms. The number of aryl methyl sites for hydroxylation is 1. The van der Waals surface area contributed by atoms with Crippen LogP contribution in [0.1, 0.15) is 16.7 Å². The van der Waals surface area contributed by atoms with E-state index >= 15 is 0 Å². The van der Waals surface area contributed by atoms with Gasteiger partial charge in [0.25, 0.3) is 11.8 Å². The molecule has 166 valence electrons. The molecule has 0 spiro atoms. The number of carbonyl (C=O) groups is 2. The molecule has 32 heavy (non-hydrogen) atoms. The number of hydrogen-bond acceptors (Lipinski definition) is 5. The molecule has 1 aliphatic heterocycles. The largest absolute Gasteiger partial charge is 0.483 e. The molecular formula is C24H24BrN3O4. The maximum Gasteiger partial charge on any atom is 0.266 e. The van der Waals surface area contributed by atoms with Gasteiger partial charge in [0.05, 0.1) is 17.7 Å². The van der Waals surface area contributed by atoms with E-state index in [2.05, 4.69) is 21.2 Å².